The van der Waals surface area contributed by atoms with E-state index >= 15 is 0 Å². The smallest absolute Gasteiger partial charge is 0.291 e. The molecule has 6 nitrogen and oxygen atoms in total. The summed E-state index contributed by atoms with van der Waals surface area (Å²) in [5.41, 5.74) is 6.33. The van der Waals surface area contributed by atoms with Crippen molar-refractivity contribution in [3.63, 3.8) is 0 Å². The molecule has 1 aromatic heterocycles. The van der Waals surface area contributed by atoms with Gasteiger partial charge in [-0.3, -0.25) is 10.1 Å². The van der Waals surface area contributed by atoms with Crippen LogP contribution in [-0.2, 0) is 0 Å². The Bertz CT molecular complexity index is 505. The van der Waals surface area contributed by atoms with Gasteiger partial charge in [-0.1, -0.05) is 13.8 Å². The molecule has 1 rings (SSSR count). The number of nitrogens with zero attached hydrogens (tertiary/aromatic N) is 3. The van der Waals surface area contributed by atoms with Crippen LogP contribution in [0, 0.1) is 22.5 Å². The SMILES string of the molecule is CCN(CC(C)(C)CN)c1ncc([N+](=O)[O-])c(C)c1Br. The van der Waals surface area contributed by atoms with Gasteiger partial charge in [0.05, 0.1) is 9.40 Å². The Labute approximate surface area is 127 Å². The molecule has 112 valence electrons. The van der Waals surface area contributed by atoms with E-state index in [0.29, 0.717) is 16.6 Å². The third kappa shape index (κ3) is 3.67. The predicted octanol–water partition coefficient (Wildman–Crippen LogP) is 2.87. The second-order valence-electron chi connectivity index (χ2n) is 5.55. The molecule has 0 saturated carbocycles. The monoisotopic (exact) mass is 344 g/mol. The van der Waals surface area contributed by atoms with Crippen LogP contribution in [0.1, 0.15) is 26.3 Å². The van der Waals surface area contributed by atoms with E-state index in [1.807, 2.05) is 6.92 Å². The molecule has 0 unspecified atom stereocenters. The van der Waals surface area contributed by atoms with Gasteiger partial charge >= 0.3 is 0 Å². The minimum Gasteiger partial charge on any atom is -0.355 e. The fraction of sp³-hybridized carbons (Fsp3) is 0.615. The van der Waals surface area contributed by atoms with E-state index in [1.165, 1.54) is 6.20 Å². The highest BCUT2D eigenvalue weighted by Crippen LogP contribution is 2.33. The molecule has 1 aromatic rings. The van der Waals surface area contributed by atoms with Crippen LogP contribution in [0.2, 0.25) is 0 Å². The summed E-state index contributed by atoms with van der Waals surface area (Å²) < 4.78 is 0.668. The number of hydrogen-bond acceptors (Lipinski definition) is 5. The Balaban J connectivity index is 3.18. The zero-order valence-corrected chi connectivity index (χ0v) is 13.9. The molecule has 0 atom stereocenters. The van der Waals surface area contributed by atoms with Gasteiger partial charge in [0, 0.05) is 18.7 Å². The Morgan fingerprint density at radius 1 is 1.55 bits per heavy atom. The number of rotatable bonds is 6. The van der Waals surface area contributed by atoms with Gasteiger partial charge in [-0.15, -0.1) is 0 Å². The number of anilines is 1. The topological polar surface area (TPSA) is 85.3 Å². The van der Waals surface area contributed by atoms with Gasteiger partial charge in [0.1, 0.15) is 12.0 Å². The lowest BCUT2D eigenvalue weighted by Crippen LogP contribution is -2.39. The Kier molecular flexibility index (Phi) is 5.47. The van der Waals surface area contributed by atoms with Crippen LogP contribution in [0.4, 0.5) is 11.5 Å². The first-order valence-corrected chi connectivity index (χ1v) is 7.27. The third-order valence-corrected chi connectivity index (χ3v) is 4.22. The maximum atomic E-state index is 10.9. The van der Waals surface area contributed by atoms with E-state index in [4.69, 9.17) is 5.73 Å². The van der Waals surface area contributed by atoms with Gasteiger partial charge in [-0.25, -0.2) is 4.98 Å². The summed E-state index contributed by atoms with van der Waals surface area (Å²) in [5.74, 6) is 0.720. The lowest BCUT2D eigenvalue weighted by atomic mass is 9.93. The minimum absolute atomic E-state index is 0.0229. The molecule has 20 heavy (non-hydrogen) atoms. The Hall–Kier alpha value is -1.21. The predicted molar refractivity (Wildman–Crippen MR) is 84.1 cm³/mol. The fourth-order valence-corrected chi connectivity index (χ4v) is 2.43. The van der Waals surface area contributed by atoms with Crippen LogP contribution in [0.3, 0.4) is 0 Å². The van der Waals surface area contributed by atoms with Crippen molar-refractivity contribution in [3.8, 4) is 0 Å². The van der Waals surface area contributed by atoms with Crippen molar-refractivity contribution in [2.24, 2.45) is 11.1 Å². The fourth-order valence-electron chi connectivity index (χ4n) is 1.88. The molecule has 0 amide bonds. The maximum absolute atomic E-state index is 10.9. The quantitative estimate of drug-likeness (QED) is 0.633. The summed E-state index contributed by atoms with van der Waals surface area (Å²) >= 11 is 3.43. The van der Waals surface area contributed by atoms with Crippen LogP contribution in [-0.4, -0.2) is 29.5 Å². The highest BCUT2D eigenvalue weighted by molar-refractivity contribution is 9.10. The number of aromatic nitrogens is 1. The lowest BCUT2D eigenvalue weighted by Gasteiger charge is -2.32. The molecule has 7 heteroatoms. The van der Waals surface area contributed by atoms with E-state index < -0.39 is 4.92 Å². The second kappa shape index (κ2) is 6.49. The molecule has 0 aliphatic heterocycles. The van der Waals surface area contributed by atoms with Crippen molar-refractivity contribution >= 4 is 27.4 Å². The summed E-state index contributed by atoms with van der Waals surface area (Å²) in [4.78, 5) is 16.8. The number of halogens is 1. The molecule has 2 N–H and O–H groups in total. The summed E-state index contributed by atoms with van der Waals surface area (Å²) in [6.45, 7) is 9.97. The van der Waals surface area contributed by atoms with Gasteiger partial charge in [0.15, 0.2) is 0 Å². The summed E-state index contributed by atoms with van der Waals surface area (Å²) in [6, 6.07) is 0. The Morgan fingerprint density at radius 2 is 2.15 bits per heavy atom. The van der Waals surface area contributed by atoms with Gasteiger partial charge in [-0.2, -0.15) is 0 Å². The van der Waals surface area contributed by atoms with E-state index in [0.717, 1.165) is 18.9 Å². The molecule has 0 aliphatic rings. The summed E-state index contributed by atoms with van der Waals surface area (Å²) in [6.07, 6.45) is 1.31. The average molecular weight is 345 g/mol. The molecule has 0 aromatic carbocycles. The van der Waals surface area contributed by atoms with E-state index in [1.54, 1.807) is 6.92 Å². The molecule has 1 heterocycles. The standard InChI is InChI=1S/C13H21BrN4O2/c1-5-17(8-13(3,4)7-15)12-11(14)9(2)10(6-16-12)18(19)20/h6H,5,7-8,15H2,1-4H3. The Morgan fingerprint density at radius 3 is 2.60 bits per heavy atom. The van der Waals surface area contributed by atoms with E-state index in [-0.39, 0.29) is 11.1 Å². The molecule has 0 saturated heterocycles. The van der Waals surface area contributed by atoms with Gasteiger partial charge in [0.25, 0.3) is 5.69 Å². The van der Waals surface area contributed by atoms with Crippen molar-refractivity contribution in [2.75, 3.05) is 24.5 Å². The zero-order valence-electron chi connectivity index (χ0n) is 12.3. The van der Waals surface area contributed by atoms with Crippen LogP contribution >= 0.6 is 15.9 Å². The molecule has 0 bridgehead atoms. The summed E-state index contributed by atoms with van der Waals surface area (Å²) in [7, 11) is 0. The van der Waals surface area contributed by atoms with Crippen LogP contribution < -0.4 is 10.6 Å². The molecule has 0 fully saturated rings. The largest absolute Gasteiger partial charge is 0.355 e. The van der Waals surface area contributed by atoms with Crippen LogP contribution in [0.25, 0.3) is 0 Å². The van der Waals surface area contributed by atoms with E-state index in [2.05, 4.69) is 39.7 Å². The van der Waals surface area contributed by atoms with Crippen molar-refractivity contribution in [3.05, 3.63) is 26.3 Å². The maximum Gasteiger partial charge on any atom is 0.291 e. The first kappa shape index (κ1) is 16.8. The lowest BCUT2D eigenvalue weighted by molar-refractivity contribution is -0.385. The molecule has 0 spiro atoms. The average Bonchev–Trinajstić information content (AvgIpc) is 2.39. The first-order valence-electron chi connectivity index (χ1n) is 6.48. The number of nitro groups is 1. The number of pyridine rings is 1. The minimum atomic E-state index is -0.420. The van der Waals surface area contributed by atoms with Crippen LogP contribution in [0.5, 0.6) is 0 Å². The molecular weight excluding hydrogens is 324 g/mol. The third-order valence-electron chi connectivity index (χ3n) is 3.27. The number of hydrogen-bond donors (Lipinski definition) is 1. The zero-order chi connectivity index (χ0) is 15.5. The molecule has 0 radical (unpaired) electrons. The highest BCUT2D eigenvalue weighted by Gasteiger charge is 2.24. The van der Waals surface area contributed by atoms with Gasteiger partial charge in [-0.05, 0) is 41.7 Å². The van der Waals surface area contributed by atoms with Crippen molar-refractivity contribution in [1.82, 2.24) is 4.98 Å². The van der Waals surface area contributed by atoms with Gasteiger partial charge < -0.3 is 10.6 Å². The molecule has 0 aliphatic carbocycles. The number of nitrogens with two attached hydrogens (primary N) is 1. The van der Waals surface area contributed by atoms with Crippen molar-refractivity contribution in [2.45, 2.75) is 27.7 Å². The van der Waals surface area contributed by atoms with E-state index in [9.17, 15) is 10.1 Å². The van der Waals surface area contributed by atoms with Crippen LogP contribution in [0.15, 0.2) is 10.7 Å². The summed E-state index contributed by atoms with van der Waals surface area (Å²) in [5, 5.41) is 10.9. The first-order chi connectivity index (χ1) is 9.23. The normalized spacial score (nSPS) is 11.5. The van der Waals surface area contributed by atoms with Crippen molar-refractivity contribution < 1.29 is 4.92 Å². The highest BCUT2D eigenvalue weighted by atomic mass is 79.9. The van der Waals surface area contributed by atoms with Gasteiger partial charge in [0.2, 0.25) is 0 Å². The van der Waals surface area contributed by atoms with Crippen molar-refractivity contribution in [1.29, 1.82) is 0 Å². The second-order valence-corrected chi connectivity index (χ2v) is 6.34. The molecular formula is C13H21BrN4O2.